The Hall–Kier alpha value is -3.57. The summed E-state index contributed by atoms with van der Waals surface area (Å²) in [5.41, 5.74) is 4.87. The molecule has 0 bridgehead atoms. The highest BCUT2D eigenvalue weighted by Gasteiger charge is 2.13. The standard InChI is InChI=1S/C25H22ClN3O2/c1-31-24-14-21(26)10-11-23(24)25(30)28-15-20-4-2-3-5-22(20)19-8-6-18(7-9-19)16-29-13-12-27-17-29/h2-14,17H,15-16H2,1H3,(H,28,30). The monoisotopic (exact) mass is 431 g/mol. The molecule has 1 amide bonds. The second-order valence-corrected chi connectivity index (χ2v) is 7.55. The zero-order chi connectivity index (χ0) is 21.6. The van der Waals surface area contributed by atoms with E-state index in [-0.39, 0.29) is 5.91 Å². The van der Waals surface area contributed by atoms with Crippen LogP contribution in [-0.2, 0) is 13.1 Å². The largest absolute Gasteiger partial charge is 0.496 e. The Morgan fingerprint density at radius 2 is 1.90 bits per heavy atom. The van der Waals surface area contributed by atoms with Crippen molar-refractivity contribution < 1.29 is 9.53 Å². The van der Waals surface area contributed by atoms with Gasteiger partial charge in [0.2, 0.25) is 0 Å². The molecule has 1 heterocycles. The number of carbonyl (C=O) groups is 1. The Morgan fingerprint density at radius 3 is 2.65 bits per heavy atom. The number of hydrogen-bond acceptors (Lipinski definition) is 3. The summed E-state index contributed by atoms with van der Waals surface area (Å²) < 4.78 is 7.32. The summed E-state index contributed by atoms with van der Waals surface area (Å²) in [7, 11) is 1.52. The van der Waals surface area contributed by atoms with E-state index in [2.05, 4.69) is 40.6 Å². The summed E-state index contributed by atoms with van der Waals surface area (Å²) in [6.45, 7) is 1.18. The molecule has 1 N–H and O–H groups in total. The van der Waals surface area contributed by atoms with Crippen LogP contribution in [0.4, 0.5) is 0 Å². The van der Waals surface area contributed by atoms with Crippen LogP contribution in [0.3, 0.4) is 0 Å². The van der Waals surface area contributed by atoms with E-state index < -0.39 is 0 Å². The van der Waals surface area contributed by atoms with Crippen LogP contribution < -0.4 is 10.1 Å². The van der Waals surface area contributed by atoms with Crippen molar-refractivity contribution in [1.29, 1.82) is 0 Å². The van der Waals surface area contributed by atoms with Gasteiger partial charge in [0, 0.05) is 30.5 Å². The van der Waals surface area contributed by atoms with Crippen LogP contribution in [0.25, 0.3) is 11.1 Å². The molecule has 3 aromatic carbocycles. The zero-order valence-electron chi connectivity index (χ0n) is 17.1. The maximum atomic E-state index is 12.7. The van der Waals surface area contributed by atoms with Gasteiger partial charge in [0.05, 0.1) is 19.0 Å². The summed E-state index contributed by atoms with van der Waals surface area (Å²) in [4.78, 5) is 16.8. The summed E-state index contributed by atoms with van der Waals surface area (Å²) in [5, 5.41) is 3.51. The molecule has 4 aromatic rings. The molecule has 0 radical (unpaired) electrons. The number of nitrogens with one attached hydrogen (secondary N) is 1. The van der Waals surface area contributed by atoms with Crippen molar-refractivity contribution in [2.24, 2.45) is 0 Å². The lowest BCUT2D eigenvalue weighted by molar-refractivity contribution is 0.0948. The molecule has 156 valence electrons. The average molecular weight is 432 g/mol. The molecule has 0 saturated carbocycles. The summed E-state index contributed by atoms with van der Waals surface area (Å²) in [6.07, 6.45) is 5.53. The maximum Gasteiger partial charge on any atom is 0.255 e. The fourth-order valence-electron chi connectivity index (χ4n) is 3.46. The molecule has 6 heteroatoms. The van der Waals surface area contributed by atoms with Gasteiger partial charge in [-0.1, -0.05) is 60.1 Å². The molecule has 1 aromatic heterocycles. The van der Waals surface area contributed by atoms with Crippen molar-refractivity contribution in [1.82, 2.24) is 14.9 Å². The van der Waals surface area contributed by atoms with Crippen LogP contribution in [0.2, 0.25) is 5.02 Å². The topological polar surface area (TPSA) is 56.1 Å². The number of nitrogens with zero attached hydrogens (tertiary/aromatic N) is 2. The first-order chi connectivity index (χ1) is 15.1. The number of rotatable bonds is 7. The summed E-state index contributed by atoms with van der Waals surface area (Å²) in [5.74, 6) is 0.241. The van der Waals surface area contributed by atoms with Crippen molar-refractivity contribution in [3.05, 3.63) is 107 Å². The first-order valence-corrected chi connectivity index (χ1v) is 10.3. The van der Waals surface area contributed by atoms with E-state index in [9.17, 15) is 4.79 Å². The van der Waals surface area contributed by atoms with E-state index in [0.717, 1.165) is 23.2 Å². The third kappa shape index (κ3) is 4.95. The number of amides is 1. The van der Waals surface area contributed by atoms with E-state index in [1.54, 1.807) is 24.4 Å². The summed E-state index contributed by atoms with van der Waals surface area (Å²) >= 11 is 6.00. The van der Waals surface area contributed by atoms with Crippen molar-refractivity contribution >= 4 is 17.5 Å². The fraction of sp³-hybridized carbons (Fsp3) is 0.120. The lowest BCUT2D eigenvalue weighted by Crippen LogP contribution is -2.23. The van der Waals surface area contributed by atoms with Crippen LogP contribution in [0.1, 0.15) is 21.5 Å². The minimum Gasteiger partial charge on any atom is -0.496 e. The lowest BCUT2D eigenvalue weighted by atomic mass is 9.98. The molecular formula is C25H22ClN3O2. The third-order valence-corrected chi connectivity index (χ3v) is 5.29. The van der Waals surface area contributed by atoms with Crippen LogP contribution in [0.5, 0.6) is 5.75 Å². The number of benzene rings is 3. The number of hydrogen-bond donors (Lipinski definition) is 1. The summed E-state index contributed by atoms with van der Waals surface area (Å²) in [6, 6.07) is 21.5. The Morgan fingerprint density at radius 1 is 1.10 bits per heavy atom. The molecule has 0 fully saturated rings. The number of ether oxygens (including phenoxy) is 1. The molecular weight excluding hydrogens is 410 g/mol. The molecule has 31 heavy (non-hydrogen) atoms. The van der Waals surface area contributed by atoms with Gasteiger partial charge in [-0.05, 0) is 40.5 Å². The van der Waals surface area contributed by atoms with Crippen molar-refractivity contribution in [2.75, 3.05) is 7.11 Å². The minimum absolute atomic E-state index is 0.209. The molecule has 0 saturated heterocycles. The van der Waals surface area contributed by atoms with Crippen LogP contribution >= 0.6 is 11.6 Å². The van der Waals surface area contributed by atoms with Crippen molar-refractivity contribution in [3.63, 3.8) is 0 Å². The second kappa shape index (κ2) is 9.49. The van der Waals surface area contributed by atoms with Gasteiger partial charge in [-0.3, -0.25) is 4.79 Å². The normalized spacial score (nSPS) is 10.6. The van der Waals surface area contributed by atoms with E-state index >= 15 is 0 Å². The first kappa shape index (κ1) is 20.7. The van der Waals surface area contributed by atoms with Gasteiger partial charge in [0.25, 0.3) is 5.91 Å². The highest BCUT2D eigenvalue weighted by Crippen LogP contribution is 2.26. The lowest BCUT2D eigenvalue weighted by Gasteiger charge is -2.13. The second-order valence-electron chi connectivity index (χ2n) is 7.12. The van der Waals surface area contributed by atoms with E-state index in [0.29, 0.717) is 22.9 Å². The molecule has 0 aliphatic rings. The predicted octanol–water partition coefficient (Wildman–Crippen LogP) is 5.19. The van der Waals surface area contributed by atoms with Gasteiger partial charge in [-0.25, -0.2) is 4.98 Å². The number of methoxy groups -OCH3 is 1. The van der Waals surface area contributed by atoms with Crippen LogP contribution in [0.15, 0.2) is 85.5 Å². The van der Waals surface area contributed by atoms with Crippen molar-refractivity contribution in [3.8, 4) is 16.9 Å². The number of imidazole rings is 1. The van der Waals surface area contributed by atoms with Gasteiger partial charge < -0.3 is 14.6 Å². The van der Waals surface area contributed by atoms with Gasteiger partial charge >= 0.3 is 0 Å². The van der Waals surface area contributed by atoms with E-state index in [4.69, 9.17) is 16.3 Å². The Labute approximate surface area is 186 Å². The number of carbonyl (C=O) groups excluding carboxylic acids is 1. The molecule has 0 unspecified atom stereocenters. The smallest absolute Gasteiger partial charge is 0.255 e. The Bertz CT molecular complexity index is 1170. The maximum absolute atomic E-state index is 12.7. The Balaban J connectivity index is 1.49. The van der Waals surface area contributed by atoms with Crippen molar-refractivity contribution in [2.45, 2.75) is 13.1 Å². The van der Waals surface area contributed by atoms with E-state index in [1.165, 1.54) is 12.7 Å². The van der Waals surface area contributed by atoms with Gasteiger partial charge in [0.15, 0.2) is 0 Å². The number of aromatic nitrogens is 2. The highest BCUT2D eigenvalue weighted by molar-refractivity contribution is 6.30. The fourth-order valence-corrected chi connectivity index (χ4v) is 3.62. The van der Waals surface area contributed by atoms with Gasteiger partial charge in [-0.2, -0.15) is 0 Å². The average Bonchev–Trinajstić information content (AvgIpc) is 3.31. The quantitative estimate of drug-likeness (QED) is 0.438. The third-order valence-electron chi connectivity index (χ3n) is 5.05. The minimum atomic E-state index is -0.209. The molecule has 0 aliphatic heterocycles. The predicted molar refractivity (Wildman–Crippen MR) is 122 cm³/mol. The van der Waals surface area contributed by atoms with Gasteiger partial charge in [0.1, 0.15) is 5.75 Å². The van der Waals surface area contributed by atoms with Crippen LogP contribution in [0, 0.1) is 0 Å². The van der Waals surface area contributed by atoms with Gasteiger partial charge in [-0.15, -0.1) is 0 Å². The molecule has 0 atom stereocenters. The molecule has 4 rings (SSSR count). The first-order valence-electron chi connectivity index (χ1n) is 9.89. The molecule has 0 aliphatic carbocycles. The Kier molecular flexibility index (Phi) is 6.34. The molecule has 5 nitrogen and oxygen atoms in total. The highest BCUT2D eigenvalue weighted by atomic mass is 35.5. The number of halogens is 1. The SMILES string of the molecule is COc1cc(Cl)ccc1C(=O)NCc1ccccc1-c1ccc(Cn2ccnc2)cc1. The van der Waals surface area contributed by atoms with Crippen LogP contribution in [-0.4, -0.2) is 22.6 Å². The molecule has 0 spiro atoms. The zero-order valence-corrected chi connectivity index (χ0v) is 17.8. The van der Waals surface area contributed by atoms with E-state index in [1.807, 2.05) is 35.3 Å².